The molecule has 0 N–H and O–H groups in total. The van der Waals surface area contributed by atoms with Gasteiger partial charge >= 0.3 is 12.3 Å². The van der Waals surface area contributed by atoms with Crippen molar-refractivity contribution in [1.29, 1.82) is 0 Å². The van der Waals surface area contributed by atoms with Crippen molar-refractivity contribution in [2.24, 2.45) is 5.92 Å². The van der Waals surface area contributed by atoms with Crippen LogP contribution in [0.15, 0.2) is 18.2 Å². The number of carbonyl (C=O) groups excluding carboxylic acids is 1. The lowest BCUT2D eigenvalue weighted by molar-refractivity contribution is -0.286. The van der Waals surface area contributed by atoms with Crippen molar-refractivity contribution in [3.63, 3.8) is 0 Å². The predicted octanol–water partition coefficient (Wildman–Crippen LogP) is 2.67. The molecule has 0 unspecified atom stereocenters. The zero-order chi connectivity index (χ0) is 13.6. The average molecular weight is 270 g/mol. The van der Waals surface area contributed by atoms with Gasteiger partial charge in [-0.15, -0.1) is 8.78 Å². The molecule has 1 saturated carbocycles. The van der Waals surface area contributed by atoms with Gasteiger partial charge in [-0.3, -0.25) is 4.79 Å². The summed E-state index contributed by atoms with van der Waals surface area (Å²) < 4.78 is 39.4. The van der Waals surface area contributed by atoms with Gasteiger partial charge in [-0.05, 0) is 37.0 Å². The van der Waals surface area contributed by atoms with E-state index in [9.17, 15) is 13.6 Å². The van der Waals surface area contributed by atoms with Crippen molar-refractivity contribution < 1.29 is 27.8 Å². The second kappa shape index (κ2) is 4.08. The number of rotatable bonds is 3. The molecule has 0 amide bonds. The summed E-state index contributed by atoms with van der Waals surface area (Å²) in [6, 6.07) is 4.61. The molecule has 0 radical (unpaired) electrons. The van der Waals surface area contributed by atoms with E-state index in [1.807, 2.05) is 0 Å². The fourth-order valence-electron chi connectivity index (χ4n) is 2.27. The average Bonchev–Trinajstić information content (AvgIpc) is 3.05. The van der Waals surface area contributed by atoms with Gasteiger partial charge in [0.25, 0.3) is 0 Å². The zero-order valence-electron chi connectivity index (χ0n) is 10.2. The number of hydrogen-bond donors (Lipinski definition) is 0. The number of ether oxygens (including phenoxy) is 3. The van der Waals surface area contributed by atoms with Crippen molar-refractivity contribution in [3.8, 4) is 11.5 Å². The molecule has 4 nitrogen and oxygen atoms in total. The largest absolute Gasteiger partial charge is 0.586 e. The number of alkyl halides is 2. The summed E-state index contributed by atoms with van der Waals surface area (Å²) in [4.78, 5) is 11.5. The summed E-state index contributed by atoms with van der Waals surface area (Å²) in [6.45, 7) is 2.09. The molecular formula is C13H12F2O4. The van der Waals surface area contributed by atoms with Crippen LogP contribution in [0.1, 0.15) is 24.8 Å². The number of halogens is 2. The Bertz CT molecular complexity index is 529. The maximum Gasteiger partial charge on any atom is 0.586 e. The van der Waals surface area contributed by atoms with Crippen LogP contribution in [0, 0.1) is 5.92 Å². The van der Waals surface area contributed by atoms with Gasteiger partial charge in [-0.1, -0.05) is 6.07 Å². The van der Waals surface area contributed by atoms with Crippen LogP contribution in [0.4, 0.5) is 8.78 Å². The third-order valence-corrected chi connectivity index (χ3v) is 3.23. The monoisotopic (exact) mass is 270 g/mol. The van der Waals surface area contributed by atoms with Crippen LogP contribution in [-0.4, -0.2) is 18.9 Å². The summed E-state index contributed by atoms with van der Waals surface area (Å²) >= 11 is 0. The highest BCUT2D eigenvalue weighted by atomic mass is 19.3. The van der Waals surface area contributed by atoms with E-state index < -0.39 is 6.29 Å². The van der Waals surface area contributed by atoms with Crippen LogP contribution in [0.3, 0.4) is 0 Å². The van der Waals surface area contributed by atoms with E-state index in [1.165, 1.54) is 12.1 Å². The minimum absolute atomic E-state index is 0.0111. The van der Waals surface area contributed by atoms with Gasteiger partial charge < -0.3 is 14.2 Å². The van der Waals surface area contributed by atoms with E-state index in [1.54, 1.807) is 13.0 Å². The first-order chi connectivity index (χ1) is 9.00. The molecule has 3 rings (SSSR count). The lowest BCUT2D eigenvalue weighted by atomic mass is 10.1. The Hall–Kier alpha value is -1.85. The summed E-state index contributed by atoms with van der Waals surface area (Å²) in [5.41, 5.74) is 0.790. The highest BCUT2D eigenvalue weighted by Crippen LogP contribution is 2.51. The number of esters is 1. The maximum atomic E-state index is 12.9. The van der Waals surface area contributed by atoms with E-state index in [-0.39, 0.29) is 29.3 Å². The molecule has 0 bridgehead atoms. The number of benzene rings is 1. The van der Waals surface area contributed by atoms with E-state index in [0.717, 1.165) is 5.56 Å². The van der Waals surface area contributed by atoms with Crippen molar-refractivity contribution in [1.82, 2.24) is 0 Å². The second-order valence-corrected chi connectivity index (χ2v) is 4.57. The van der Waals surface area contributed by atoms with Gasteiger partial charge in [0.1, 0.15) is 0 Å². The molecule has 1 aromatic carbocycles. The summed E-state index contributed by atoms with van der Waals surface area (Å²) in [5.74, 6) is -0.377. The smallest absolute Gasteiger partial charge is 0.466 e. The quantitative estimate of drug-likeness (QED) is 0.792. The van der Waals surface area contributed by atoms with Gasteiger partial charge in [0.2, 0.25) is 0 Å². The molecule has 1 fully saturated rings. The van der Waals surface area contributed by atoms with Crippen molar-refractivity contribution in [2.45, 2.75) is 25.6 Å². The Morgan fingerprint density at radius 3 is 2.89 bits per heavy atom. The van der Waals surface area contributed by atoms with Crippen LogP contribution < -0.4 is 9.47 Å². The first kappa shape index (κ1) is 12.2. The summed E-state index contributed by atoms with van der Waals surface area (Å²) in [5, 5.41) is 0. The molecule has 0 spiro atoms. The van der Waals surface area contributed by atoms with Gasteiger partial charge in [0, 0.05) is 0 Å². The third-order valence-electron chi connectivity index (χ3n) is 3.23. The van der Waals surface area contributed by atoms with Crippen LogP contribution in [0.2, 0.25) is 0 Å². The Labute approximate surface area is 108 Å². The Kier molecular flexibility index (Phi) is 2.62. The standard InChI is InChI=1S/C13H12F2O4/c1-2-17-12(16)9-6-8(9)7-3-4-10-11(5-7)19-13(14,15)18-10/h3-5,8-9H,2,6H2,1H3/t8-,9+/m1/s1. The molecule has 0 saturated heterocycles. The fourth-order valence-corrected chi connectivity index (χ4v) is 2.27. The first-order valence-electron chi connectivity index (χ1n) is 6.06. The Morgan fingerprint density at radius 2 is 2.16 bits per heavy atom. The van der Waals surface area contributed by atoms with Crippen LogP contribution >= 0.6 is 0 Å². The maximum absolute atomic E-state index is 12.9. The first-order valence-corrected chi connectivity index (χ1v) is 6.06. The van der Waals surface area contributed by atoms with E-state index >= 15 is 0 Å². The second-order valence-electron chi connectivity index (χ2n) is 4.57. The van der Waals surface area contributed by atoms with Crippen LogP contribution in [0.25, 0.3) is 0 Å². The third kappa shape index (κ3) is 2.22. The molecule has 102 valence electrons. The predicted molar refractivity (Wildman–Crippen MR) is 60.1 cm³/mol. The molecule has 1 aliphatic heterocycles. The summed E-state index contributed by atoms with van der Waals surface area (Å²) in [7, 11) is 0. The number of hydrogen-bond acceptors (Lipinski definition) is 4. The fraction of sp³-hybridized carbons (Fsp3) is 0.462. The van der Waals surface area contributed by atoms with Crippen LogP contribution in [-0.2, 0) is 9.53 Å². The minimum atomic E-state index is -3.61. The molecular weight excluding hydrogens is 258 g/mol. The van der Waals surface area contributed by atoms with Crippen molar-refractivity contribution in [3.05, 3.63) is 23.8 Å². The van der Waals surface area contributed by atoms with Gasteiger partial charge in [-0.25, -0.2) is 0 Å². The van der Waals surface area contributed by atoms with Gasteiger partial charge in [-0.2, -0.15) is 0 Å². The summed E-state index contributed by atoms with van der Waals surface area (Å²) in [6.07, 6.45) is -2.93. The van der Waals surface area contributed by atoms with E-state index in [0.29, 0.717) is 13.0 Å². The Balaban J connectivity index is 1.74. The molecule has 1 aliphatic carbocycles. The lowest BCUT2D eigenvalue weighted by Gasteiger charge is -2.04. The minimum Gasteiger partial charge on any atom is -0.466 e. The molecule has 0 aromatic heterocycles. The van der Waals surface area contributed by atoms with E-state index in [2.05, 4.69) is 9.47 Å². The topological polar surface area (TPSA) is 44.8 Å². The molecule has 6 heteroatoms. The molecule has 1 heterocycles. The van der Waals surface area contributed by atoms with Gasteiger partial charge in [0.05, 0.1) is 12.5 Å². The lowest BCUT2D eigenvalue weighted by Crippen LogP contribution is -2.25. The SMILES string of the molecule is CCOC(=O)[C@H]1C[C@@H]1c1ccc2c(c1)OC(F)(F)O2. The molecule has 2 aliphatic rings. The molecule has 19 heavy (non-hydrogen) atoms. The van der Waals surface area contributed by atoms with Gasteiger partial charge in [0.15, 0.2) is 11.5 Å². The number of fused-ring (bicyclic) bond motifs is 1. The van der Waals surface area contributed by atoms with E-state index in [4.69, 9.17) is 4.74 Å². The Morgan fingerprint density at radius 1 is 1.42 bits per heavy atom. The highest BCUT2D eigenvalue weighted by molar-refractivity contribution is 5.77. The zero-order valence-corrected chi connectivity index (χ0v) is 10.2. The van der Waals surface area contributed by atoms with Crippen molar-refractivity contribution >= 4 is 5.97 Å². The molecule has 2 atom stereocenters. The highest BCUT2D eigenvalue weighted by Gasteiger charge is 2.47. The van der Waals surface area contributed by atoms with Crippen molar-refractivity contribution in [2.75, 3.05) is 6.61 Å². The van der Waals surface area contributed by atoms with Crippen LogP contribution in [0.5, 0.6) is 11.5 Å². The number of carbonyl (C=O) groups is 1. The normalized spacial score (nSPS) is 26.1. The molecule has 1 aromatic rings.